The molecule has 0 spiro atoms. The van der Waals surface area contributed by atoms with E-state index in [1.807, 2.05) is 50.4 Å². The molecule has 0 radical (unpaired) electrons. The van der Waals surface area contributed by atoms with Crippen molar-refractivity contribution >= 4 is 23.2 Å². The molecule has 7 heteroatoms. The third-order valence-corrected chi connectivity index (χ3v) is 4.68. The Bertz CT molecular complexity index is 740. The van der Waals surface area contributed by atoms with Crippen LogP contribution in [0.25, 0.3) is 10.6 Å². The van der Waals surface area contributed by atoms with Gasteiger partial charge >= 0.3 is 5.97 Å². The van der Waals surface area contributed by atoms with Crippen LogP contribution in [0.5, 0.6) is 5.75 Å². The molecule has 0 aliphatic rings. The zero-order valence-electron chi connectivity index (χ0n) is 15.4. The van der Waals surface area contributed by atoms with E-state index in [1.54, 1.807) is 0 Å². The molecule has 0 saturated carbocycles. The molecule has 0 saturated heterocycles. The molecule has 6 nitrogen and oxygen atoms in total. The average Bonchev–Trinajstić information content (AvgIpc) is 3.08. The number of hydrogen-bond donors (Lipinski definition) is 1. The SMILES string of the molecule is CCOc1ccc(-c2nc(CC(=O)NC(C(=O)OC)C(C)C)cs2)cc1. The van der Waals surface area contributed by atoms with E-state index >= 15 is 0 Å². The molecule has 1 unspecified atom stereocenters. The minimum Gasteiger partial charge on any atom is -0.494 e. The fourth-order valence-electron chi connectivity index (χ4n) is 2.39. The quantitative estimate of drug-likeness (QED) is 0.717. The molecule has 26 heavy (non-hydrogen) atoms. The van der Waals surface area contributed by atoms with Crippen molar-refractivity contribution in [1.82, 2.24) is 10.3 Å². The molecule has 0 bridgehead atoms. The van der Waals surface area contributed by atoms with Crippen LogP contribution in [0.2, 0.25) is 0 Å². The van der Waals surface area contributed by atoms with Crippen molar-refractivity contribution in [3.05, 3.63) is 35.3 Å². The van der Waals surface area contributed by atoms with Crippen LogP contribution in [0, 0.1) is 5.92 Å². The summed E-state index contributed by atoms with van der Waals surface area (Å²) in [7, 11) is 1.31. The molecule has 0 aliphatic carbocycles. The summed E-state index contributed by atoms with van der Waals surface area (Å²) in [5.74, 6) is 0.0653. The van der Waals surface area contributed by atoms with Gasteiger partial charge in [-0.2, -0.15) is 0 Å². The number of esters is 1. The predicted octanol–water partition coefficient (Wildman–Crippen LogP) is 3.07. The number of benzene rings is 1. The van der Waals surface area contributed by atoms with Gasteiger partial charge in [0.2, 0.25) is 5.91 Å². The smallest absolute Gasteiger partial charge is 0.328 e. The van der Waals surface area contributed by atoms with Crippen LogP contribution < -0.4 is 10.1 Å². The Morgan fingerprint density at radius 1 is 1.23 bits per heavy atom. The summed E-state index contributed by atoms with van der Waals surface area (Å²) >= 11 is 1.48. The van der Waals surface area contributed by atoms with Gasteiger partial charge in [-0.25, -0.2) is 9.78 Å². The average molecular weight is 376 g/mol. The van der Waals surface area contributed by atoms with Crippen molar-refractivity contribution in [3.63, 3.8) is 0 Å². The number of amides is 1. The molecule has 2 rings (SSSR count). The zero-order chi connectivity index (χ0) is 19.1. The number of hydrogen-bond acceptors (Lipinski definition) is 6. The first-order valence-electron chi connectivity index (χ1n) is 8.49. The first kappa shape index (κ1) is 19.9. The highest BCUT2D eigenvalue weighted by Crippen LogP contribution is 2.26. The summed E-state index contributed by atoms with van der Waals surface area (Å²) in [6.07, 6.45) is 0.119. The van der Waals surface area contributed by atoms with Crippen molar-refractivity contribution < 1.29 is 19.1 Å². The van der Waals surface area contributed by atoms with Gasteiger partial charge < -0.3 is 14.8 Å². The number of aromatic nitrogens is 1. The molecule has 140 valence electrons. The first-order valence-corrected chi connectivity index (χ1v) is 9.37. The van der Waals surface area contributed by atoms with Crippen molar-refractivity contribution in [2.45, 2.75) is 33.2 Å². The van der Waals surface area contributed by atoms with Gasteiger partial charge in [-0.1, -0.05) is 13.8 Å². The molecule has 1 aromatic carbocycles. The van der Waals surface area contributed by atoms with E-state index in [-0.39, 0.29) is 18.2 Å². The molecule has 1 heterocycles. The van der Waals surface area contributed by atoms with Gasteiger partial charge in [0.15, 0.2) is 0 Å². The minimum atomic E-state index is -0.656. The predicted molar refractivity (Wildman–Crippen MR) is 101 cm³/mol. The molecule has 0 aliphatic heterocycles. The minimum absolute atomic E-state index is 0.0544. The highest BCUT2D eigenvalue weighted by Gasteiger charge is 2.25. The number of carbonyl (C=O) groups is 2. The van der Waals surface area contributed by atoms with Gasteiger partial charge in [-0.15, -0.1) is 11.3 Å². The molecule has 1 aromatic heterocycles. The lowest BCUT2D eigenvalue weighted by atomic mass is 10.0. The van der Waals surface area contributed by atoms with Crippen molar-refractivity contribution in [1.29, 1.82) is 0 Å². The Labute approximate surface area is 157 Å². The number of nitrogens with one attached hydrogen (secondary N) is 1. The van der Waals surface area contributed by atoms with Crippen molar-refractivity contribution in [2.24, 2.45) is 5.92 Å². The summed E-state index contributed by atoms with van der Waals surface area (Å²) in [6.45, 7) is 6.28. The summed E-state index contributed by atoms with van der Waals surface area (Å²) in [5.41, 5.74) is 1.64. The second kappa shape index (κ2) is 9.33. The van der Waals surface area contributed by atoms with Crippen LogP contribution >= 0.6 is 11.3 Å². The Balaban J connectivity index is 2.00. The van der Waals surface area contributed by atoms with Gasteiger partial charge in [-0.3, -0.25) is 4.79 Å². The molecule has 0 fully saturated rings. The zero-order valence-corrected chi connectivity index (χ0v) is 16.3. The Kier molecular flexibility index (Phi) is 7.15. The van der Waals surface area contributed by atoms with Crippen LogP contribution in [-0.2, 0) is 20.7 Å². The largest absolute Gasteiger partial charge is 0.494 e. The number of thiazole rings is 1. The maximum atomic E-state index is 12.2. The van der Waals surface area contributed by atoms with Gasteiger partial charge in [-0.05, 0) is 37.1 Å². The molecule has 1 amide bonds. The van der Waals surface area contributed by atoms with Gasteiger partial charge in [0.1, 0.15) is 16.8 Å². The Hall–Kier alpha value is -2.41. The Morgan fingerprint density at radius 2 is 1.92 bits per heavy atom. The maximum absolute atomic E-state index is 12.2. The van der Waals surface area contributed by atoms with Crippen LogP contribution in [0.3, 0.4) is 0 Å². The molecular weight excluding hydrogens is 352 g/mol. The summed E-state index contributed by atoms with van der Waals surface area (Å²) < 4.78 is 10.2. The molecular formula is C19H24N2O4S. The molecule has 1 N–H and O–H groups in total. The summed E-state index contributed by atoms with van der Waals surface area (Å²) in [5, 5.41) is 5.41. The van der Waals surface area contributed by atoms with E-state index in [1.165, 1.54) is 18.4 Å². The molecule has 1 atom stereocenters. The summed E-state index contributed by atoms with van der Waals surface area (Å²) in [6, 6.07) is 7.03. The van der Waals surface area contributed by atoms with Crippen LogP contribution in [0.1, 0.15) is 26.5 Å². The normalized spacial score (nSPS) is 11.9. The third-order valence-electron chi connectivity index (χ3n) is 3.74. The van der Waals surface area contributed by atoms with Crippen molar-refractivity contribution in [2.75, 3.05) is 13.7 Å². The highest BCUT2D eigenvalue weighted by molar-refractivity contribution is 7.13. The molecule has 2 aromatic rings. The number of rotatable bonds is 8. The van der Waals surface area contributed by atoms with E-state index in [0.717, 1.165) is 16.3 Å². The monoisotopic (exact) mass is 376 g/mol. The third kappa shape index (κ3) is 5.29. The van der Waals surface area contributed by atoms with Gasteiger partial charge in [0.05, 0.1) is 25.8 Å². The number of carbonyl (C=O) groups excluding carboxylic acids is 2. The van der Waals surface area contributed by atoms with Crippen LogP contribution in [0.4, 0.5) is 0 Å². The van der Waals surface area contributed by atoms with E-state index < -0.39 is 12.0 Å². The second-order valence-electron chi connectivity index (χ2n) is 6.09. The van der Waals surface area contributed by atoms with Crippen LogP contribution in [-0.4, -0.2) is 36.6 Å². The summed E-state index contributed by atoms with van der Waals surface area (Å²) in [4.78, 5) is 28.5. The number of ether oxygens (including phenoxy) is 2. The highest BCUT2D eigenvalue weighted by atomic mass is 32.1. The van der Waals surface area contributed by atoms with Crippen molar-refractivity contribution in [3.8, 4) is 16.3 Å². The van der Waals surface area contributed by atoms with Gasteiger partial charge in [0.25, 0.3) is 0 Å². The number of nitrogens with zero attached hydrogens (tertiary/aromatic N) is 1. The maximum Gasteiger partial charge on any atom is 0.328 e. The standard InChI is InChI=1S/C19H24N2O4S/c1-5-25-15-8-6-13(7-9-15)18-20-14(11-26-18)10-16(22)21-17(12(2)3)19(23)24-4/h6-9,11-12,17H,5,10H2,1-4H3,(H,21,22). The van der Waals surface area contributed by atoms with E-state index in [2.05, 4.69) is 10.3 Å². The second-order valence-corrected chi connectivity index (χ2v) is 6.95. The van der Waals surface area contributed by atoms with Crippen LogP contribution in [0.15, 0.2) is 29.6 Å². The van der Waals surface area contributed by atoms with Gasteiger partial charge in [0, 0.05) is 10.9 Å². The lowest BCUT2D eigenvalue weighted by Gasteiger charge is -2.19. The van der Waals surface area contributed by atoms with E-state index in [9.17, 15) is 9.59 Å². The fraction of sp³-hybridized carbons (Fsp3) is 0.421. The topological polar surface area (TPSA) is 77.5 Å². The van der Waals surface area contributed by atoms with E-state index in [4.69, 9.17) is 9.47 Å². The van der Waals surface area contributed by atoms with E-state index in [0.29, 0.717) is 12.3 Å². The lowest BCUT2D eigenvalue weighted by molar-refractivity contribution is -0.146. The number of methoxy groups -OCH3 is 1. The lowest BCUT2D eigenvalue weighted by Crippen LogP contribution is -2.45. The Morgan fingerprint density at radius 3 is 2.50 bits per heavy atom. The fourth-order valence-corrected chi connectivity index (χ4v) is 3.22. The first-order chi connectivity index (χ1) is 12.4.